The van der Waals surface area contributed by atoms with Gasteiger partial charge in [-0.15, -0.1) is 0 Å². The van der Waals surface area contributed by atoms with Crippen LogP contribution in [0.25, 0.3) is 0 Å². The van der Waals surface area contributed by atoms with E-state index in [1.54, 1.807) is 0 Å². The predicted octanol–water partition coefficient (Wildman–Crippen LogP) is 1.69. The van der Waals surface area contributed by atoms with Gasteiger partial charge in [0.25, 0.3) is 0 Å². The Kier molecular flexibility index (Phi) is 2.73. The summed E-state index contributed by atoms with van der Waals surface area (Å²) in [7, 11) is 2.03. The lowest BCUT2D eigenvalue weighted by Gasteiger charge is -2.31. The number of aliphatic carboxylic acids is 1. The maximum atomic E-state index is 10.8. The second kappa shape index (κ2) is 4.03. The molecule has 80 valence electrons. The van der Waals surface area contributed by atoms with Crippen molar-refractivity contribution in [3.63, 3.8) is 0 Å². The van der Waals surface area contributed by atoms with E-state index >= 15 is 0 Å². The van der Waals surface area contributed by atoms with Gasteiger partial charge in [-0.3, -0.25) is 4.79 Å². The molecule has 1 aromatic rings. The quantitative estimate of drug-likeness (QED) is 0.798. The van der Waals surface area contributed by atoms with Crippen LogP contribution < -0.4 is 0 Å². The van der Waals surface area contributed by atoms with E-state index in [2.05, 4.69) is 17.0 Å². The van der Waals surface area contributed by atoms with Crippen molar-refractivity contribution in [2.75, 3.05) is 13.6 Å². The average molecular weight is 205 g/mol. The molecule has 0 fully saturated rings. The fourth-order valence-corrected chi connectivity index (χ4v) is 2.29. The Morgan fingerprint density at radius 1 is 1.53 bits per heavy atom. The molecule has 3 heteroatoms. The van der Waals surface area contributed by atoms with Gasteiger partial charge in [-0.05, 0) is 18.2 Å². The first kappa shape index (κ1) is 10.2. The van der Waals surface area contributed by atoms with Crippen LogP contribution in [0, 0.1) is 0 Å². The SMILES string of the molecule is CN1Cc2ccccc2C(CC(=O)O)C1. The Hall–Kier alpha value is -1.35. The number of fused-ring (bicyclic) bond motifs is 1. The topological polar surface area (TPSA) is 40.5 Å². The molecule has 1 aliphatic rings. The number of nitrogens with zero attached hydrogens (tertiary/aromatic N) is 1. The van der Waals surface area contributed by atoms with E-state index in [1.165, 1.54) is 11.1 Å². The first-order valence-electron chi connectivity index (χ1n) is 5.15. The predicted molar refractivity (Wildman–Crippen MR) is 57.8 cm³/mol. The smallest absolute Gasteiger partial charge is 0.304 e. The van der Waals surface area contributed by atoms with Crippen molar-refractivity contribution in [1.29, 1.82) is 0 Å². The largest absolute Gasteiger partial charge is 0.481 e. The third kappa shape index (κ3) is 2.18. The van der Waals surface area contributed by atoms with Crippen LogP contribution >= 0.6 is 0 Å². The maximum absolute atomic E-state index is 10.8. The molecule has 1 unspecified atom stereocenters. The Morgan fingerprint density at radius 2 is 2.27 bits per heavy atom. The fraction of sp³-hybridized carbons (Fsp3) is 0.417. The third-order valence-electron chi connectivity index (χ3n) is 2.89. The zero-order valence-electron chi connectivity index (χ0n) is 8.81. The summed E-state index contributed by atoms with van der Waals surface area (Å²) in [5.74, 6) is -0.581. The van der Waals surface area contributed by atoms with Gasteiger partial charge >= 0.3 is 5.97 Å². The van der Waals surface area contributed by atoms with Crippen molar-refractivity contribution in [2.24, 2.45) is 0 Å². The first-order chi connectivity index (χ1) is 7.16. The number of carboxylic acids is 1. The van der Waals surface area contributed by atoms with Crippen LogP contribution in [0.1, 0.15) is 23.5 Å². The summed E-state index contributed by atoms with van der Waals surface area (Å²) in [6.07, 6.45) is 0.224. The van der Waals surface area contributed by atoms with Gasteiger partial charge in [0.1, 0.15) is 0 Å². The van der Waals surface area contributed by atoms with Gasteiger partial charge in [-0.2, -0.15) is 0 Å². The summed E-state index contributed by atoms with van der Waals surface area (Å²) in [6, 6.07) is 8.13. The third-order valence-corrected chi connectivity index (χ3v) is 2.89. The van der Waals surface area contributed by atoms with E-state index in [0.717, 1.165) is 13.1 Å². The lowest BCUT2D eigenvalue weighted by atomic mass is 9.88. The molecule has 0 spiro atoms. The lowest BCUT2D eigenvalue weighted by molar-refractivity contribution is -0.137. The highest BCUT2D eigenvalue weighted by molar-refractivity contribution is 5.68. The van der Waals surface area contributed by atoms with Gasteiger partial charge in [0.2, 0.25) is 0 Å². The standard InChI is InChI=1S/C12H15NO2/c1-13-7-9-4-2-3-5-11(9)10(8-13)6-12(14)15/h2-5,10H,6-8H2,1H3,(H,14,15). The maximum Gasteiger partial charge on any atom is 0.304 e. The van der Waals surface area contributed by atoms with Crippen LogP contribution in [0.2, 0.25) is 0 Å². The summed E-state index contributed by atoms with van der Waals surface area (Å²) in [5, 5.41) is 8.86. The molecule has 0 saturated heterocycles. The van der Waals surface area contributed by atoms with Gasteiger partial charge in [-0.25, -0.2) is 0 Å². The van der Waals surface area contributed by atoms with E-state index in [-0.39, 0.29) is 12.3 Å². The summed E-state index contributed by atoms with van der Waals surface area (Å²) < 4.78 is 0. The van der Waals surface area contributed by atoms with Crippen LogP contribution in [-0.4, -0.2) is 29.6 Å². The highest BCUT2D eigenvalue weighted by Crippen LogP contribution is 2.29. The Balaban J connectivity index is 2.29. The number of carboxylic acid groups (broad SMARTS) is 1. The van der Waals surface area contributed by atoms with E-state index in [1.807, 2.05) is 19.2 Å². The number of rotatable bonds is 2. The molecule has 0 bridgehead atoms. The van der Waals surface area contributed by atoms with Gasteiger partial charge in [0.15, 0.2) is 0 Å². The lowest BCUT2D eigenvalue weighted by Crippen LogP contribution is -2.31. The minimum absolute atomic E-state index is 0.137. The Morgan fingerprint density at radius 3 is 3.00 bits per heavy atom. The first-order valence-corrected chi connectivity index (χ1v) is 5.15. The van der Waals surface area contributed by atoms with E-state index in [0.29, 0.717) is 0 Å². The number of carbonyl (C=O) groups is 1. The number of likely N-dealkylation sites (N-methyl/N-ethyl adjacent to an activating group) is 1. The molecule has 3 nitrogen and oxygen atoms in total. The van der Waals surface area contributed by atoms with E-state index in [4.69, 9.17) is 5.11 Å². The molecule has 1 heterocycles. The van der Waals surface area contributed by atoms with Crippen LogP contribution in [-0.2, 0) is 11.3 Å². The van der Waals surface area contributed by atoms with E-state index in [9.17, 15) is 4.79 Å². The monoisotopic (exact) mass is 205 g/mol. The number of hydrogen-bond donors (Lipinski definition) is 1. The van der Waals surface area contributed by atoms with Gasteiger partial charge in [-0.1, -0.05) is 24.3 Å². The van der Waals surface area contributed by atoms with Gasteiger partial charge in [0, 0.05) is 19.0 Å². The molecule has 1 aliphatic heterocycles. The second-order valence-corrected chi connectivity index (χ2v) is 4.19. The fourth-order valence-electron chi connectivity index (χ4n) is 2.29. The molecule has 2 rings (SSSR count). The Labute approximate surface area is 89.3 Å². The number of benzene rings is 1. The molecule has 0 aromatic heterocycles. The van der Waals surface area contributed by atoms with Crippen molar-refractivity contribution in [3.05, 3.63) is 35.4 Å². The summed E-state index contributed by atoms with van der Waals surface area (Å²) >= 11 is 0. The van der Waals surface area contributed by atoms with Crippen molar-refractivity contribution in [2.45, 2.75) is 18.9 Å². The molecular weight excluding hydrogens is 190 g/mol. The minimum Gasteiger partial charge on any atom is -0.481 e. The molecule has 1 aromatic carbocycles. The van der Waals surface area contributed by atoms with Crippen molar-refractivity contribution >= 4 is 5.97 Å². The van der Waals surface area contributed by atoms with Gasteiger partial charge < -0.3 is 10.0 Å². The van der Waals surface area contributed by atoms with Gasteiger partial charge in [0.05, 0.1) is 6.42 Å². The van der Waals surface area contributed by atoms with Crippen molar-refractivity contribution in [1.82, 2.24) is 4.90 Å². The highest BCUT2D eigenvalue weighted by Gasteiger charge is 2.24. The highest BCUT2D eigenvalue weighted by atomic mass is 16.4. The minimum atomic E-state index is -0.717. The van der Waals surface area contributed by atoms with E-state index < -0.39 is 5.97 Å². The Bertz CT molecular complexity index is 376. The molecule has 0 amide bonds. The van der Waals surface area contributed by atoms with Crippen LogP contribution in [0.3, 0.4) is 0 Å². The summed E-state index contributed by atoms with van der Waals surface area (Å²) in [4.78, 5) is 12.9. The zero-order valence-corrected chi connectivity index (χ0v) is 8.81. The molecule has 0 radical (unpaired) electrons. The molecule has 0 aliphatic carbocycles. The zero-order chi connectivity index (χ0) is 10.8. The normalized spacial score (nSPS) is 21.0. The molecular formula is C12H15NO2. The number of hydrogen-bond acceptors (Lipinski definition) is 2. The van der Waals surface area contributed by atoms with Crippen molar-refractivity contribution in [3.8, 4) is 0 Å². The summed E-state index contributed by atoms with van der Waals surface area (Å²) in [6.45, 7) is 1.76. The molecule has 1 N–H and O–H groups in total. The van der Waals surface area contributed by atoms with Crippen LogP contribution in [0.15, 0.2) is 24.3 Å². The van der Waals surface area contributed by atoms with Crippen molar-refractivity contribution < 1.29 is 9.90 Å². The van der Waals surface area contributed by atoms with Crippen LogP contribution in [0.4, 0.5) is 0 Å². The average Bonchev–Trinajstić information content (AvgIpc) is 2.16. The molecule has 0 saturated carbocycles. The molecule has 15 heavy (non-hydrogen) atoms. The summed E-state index contributed by atoms with van der Waals surface area (Å²) in [5.41, 5.74) is 2.47. The second-order valence-electron chi connectivity index (χ2n) is 4.19. The molecule has 1 atom stereocenters. The van der Waals surface area contributed by atoms with Crippen LogP contribution in [0.5, 0.6) is 0 Å².